The Kier molecular flexibility index (Phi) is 3.05. The van der Waals surface area contributed by atoms with Crippen LogP contribution in [0.25, 0.3) is 0 Å². The minimum Gasteiger partial charge on any atom is -0.472 e. The molecular weight excluding hydrogens is 208 g/mol. The summed E-state index contributed by atoms with van der Waals surface area (Å²) < 4.78 is 0. The van der Waals surface area contributed by atoms with Gasteiger partial charge in [-0.05, 0) is 0 Å². The number of carbonyl (C=O) groups is 2. The van der Waals surface area contributed by atoms with Gasteiger partial charge in [0.15, 0.2) is 10.8 Å². The highest BCUT2D eigenvalue weighted by Gasteiger charge is 2.27. The number of aliphatic carboxylic acids is 1. The smallest absolute Gasteiger partial charge is 0.472 e. The van der Waals surface area contributed by atoms with E-state index < -0.39 is 11.7 Å². The summed E-state index contributed by atoms with van der Waals surface area (Å²) in [5.41, 5.74) is 6.22. The number of nitrogens with one attached hydrogen (secondary N) is 2. The number of anilines is 1. The molecule has 1 rings (SSSR count). The van der Waals surface area contributed by atoms with Gasteiger partial charge >= 0.3 is 11.7 Å². The fraction of sp³-hybridized carbons (Fsp3) is 0. The number of thiazole rings is 1. The molecule has 0 unspecified atom stereocenters. The van der Waals surface area contributed by atoms with Crippen molar-refractivity contribution in [2.45, 2.75) is 0 Å². The summed E-state index contributed by atoms with van der Waals surface area (Å²) in [6.45, 7) is 0. The standard InChI is InChI=1S/C6H4N4O3S/c7-10-4(5(12)13)3-1-14-6(9-3)8-2-11/h1-2,7H,(H-,8,9,11,12,13)/p+1. The number of nitrogens with zero attached hydrogens (tertiary/aromatic N) is 2. The lowest BCUT2D eigenvalue weighted by atomic mass is 10.3. The number of rotatable bonds is 4. The molecule has 7 nitrogen and oxygen atoms in total. The van der Waals surface area contributed by atoms with Crippen molar-refractivity contribution in [3.63, 3.8) is 0 Å². The number of amides is 1. The molecule has 1 aromatic rings. The van der Waals surface area contributed by atoms with Crippen molar-refractivity contribution in [2.75, 3.05) is 5.32 Å². The van der Waals surface area contributed by atoms with E-state index in [-0.39, 0.29) is 10.8 Å². The molecule has 0 radical (unpaired) electrons. The molecule has 3 N–H and O–H groups in total. The van der Waals surface area contributed by atoms with Gasteiger partial charge in [0.1, 0.15) is 0 Å². The second-order valence-electron chi connectivity index (χ2n) is 2.07. The third-order valence-corrected chi connectivity index (χ3v) is 2.02. The van der Waals surface area contributed by atoms with Crippen molar-refractivity contribution >= 4 is 34.6 Å². The normalized spacial score (nSPS) is 8.86. The quantitative estimate of drug-likeness (QED) is 0.278. The molecule has 72 valence electrons. The first-order valence-electron chi connectivity index (χ1n) is 3.33. The minimum absolute atomic E-state index is 0.0573. The van der Waals surface area contributed by atoms with Gasteiger partial charge in [-0.25, -0.2) is 9.78 Å². The zero-order valence-electron chi connectivity index (χ0n) is 6.72. The lowest BCUT2D eigenvalue weighted by molar-refractivity contribution is -0.147. The van der Waals surface area contributed by atoms with Gasteiger partial charge in [0, 0.05) is 5.38 Å². The summed E-state index contributed by atoms with van der Waals surface area (Å²) in [7, 11) is 0. The molecule has 0 bridgehead atoms. The lowest BCUT2D eigenvalue weighted by Crippen LogP contribution is -2.16. The average Bonchev–Trinajstić information content (AvgIpc) is 2.54. The second-order valence-corrected chi connectivity index (χ2v) is 2.92. The van der Waals surface area contributed by atoms with Crippen molar-refractivity contribution in [3.8, 4) is 0 Å². The van der Waals surface area contributed by atoms with Crippen LogP contribution in [-0.4, -0.2) is 33.0 Å². The molecule has 0 saturated carbocycles. The van der Waals surface area contributed by atoms with Crippen LogP contribution in [-0.2, 0) is 9.59 Å². The average molecular weight is 213 g/mol. The van der Waals surface area contributed by atoms with Gasteiger partial charge in [-0.3, -0.25) is 4.79 Å². The molecule has 14 heavy (non-hydrogen) atoms. The zero-order valence-corrected chi connectivity index (χ0v) is 7.54. The van der Waals surface area contributed by atoms with Gasteiger partial charge in [0.2, 0.25) is 6.41 Å². The molecule has 1 aromatic heterocycles. The molecule has 1 amide bonds. The summed E-state index contributed by atoms with van der Waals surface area (Å²) in [6.07, 6.45) is 0.431. The molecule has 0 aliphatic rings. The molecule has 0 fully saturated rings. The molecule has 1 heterocycles. The SMILES string of the molecule is N=[N+]=C(C(=O)O)c1csc(NC=O)n1. The first-order chi connectivity index (χ1) is 6.69. The molecule has 0 aromatic carbocycles. The number of hydrogen-bond donors (Lipinski definition) is 3. The molecule has 0 atom stereocenters. The lowest BCUT2D eigenvalue weighted by Gasteiger charge is -1.85. The highest BCUT2D eigenvalue weighted by Crippen LogP contribution is 2.14. The summed E-state index contributed by atoms with van der Waals surface area (Å²) in [5, 5.41) is 12.5. The van der Waals surface area contributed by atoms with E-state index in [1.54, 1.807) is 0 Å². The van der Waals surface area contributed by atoms with Crippen molar-refractivity contribution in [1.29, 1.82) is 5.53 Å². The molecule has 0 saturated heterocycles. The van der Waals surface area contributed by atoms with E-state index >= 15 is 0 Å². The van der Waals surface area contributed by atoms with Crippen molar-refractivity contribution < 1.29 is 19.5 Å². The Balaban J connectivity index is 3.01. The van der Waals surface area contributed by atoms with Crippen LogP contribution in [0.4, 0.5) is 5.13 Å². The van der Waals surface area contributed by atoms with Crippen molar-refractivity contribution in [2.24, 2.45) is 0 Å². The summed E-state index contributed by atoms with van der Waals surface area (Å²) in [4.78, 5) is 27.1. The second kappa shape index (κ2) is 4.26. The zero-order chi connectivity index (χ0) is 10.6. The fourth-order valence-corrected chi connectivity index (χ4v) is 1.37. The third kappa shape index (κ3) is 2.00. The van der Waals surface area contributed by atoms with Crippen LogP contribution in [0.5, 0.6) is 0 Å². The first-order valence-corrected chi connectivity index (χ1v) is 4.20. The van der Waals surface area contributed by atoms with Gasteiger partial charge in [0.25, 0.3) is 0 Å². The summed E-state index contributed by atoms with van der Waals surface area (Å²) in [5.74, 6) is -1.33. The molecular formula is C6H5N4O3S+. The highest BCUT2D eigenvalue weighted by atomic mass is 32.1. The van der Waals surface area contributed by atoms with Crippen molar-refractivity contribution in [3.05, 3.63) is 11.1 Å². The molecule has 8 heteroatoms. The van der Waals surface area contributed by atoms with E-state index in [1.165, 1.54) is 5.38 Å². The predicted octanol–water partition coefficient (Wildman–Crippen LogP) is -0.176. The fourth-order valence-electron chi connectivity index (χ4n) is 0.714. The Morgan fingerprint density at radius 2 is 2.50 bits per heavy atom. The van der Waals surface area contributed by atoms with E-state index in [0.29, 0.717) is 6.41 Å². The van der Waals surface area contributed by atoms with E-state index in [1.807, 2.05) is 0 Å². The van der Waals surface area contributed by atoms with Crippen LogP contribution >= 0.6 is 11.3 Å². The van der Waals surface area contributed by atoms with E-state index in [9.17, 15) is 9.59 Å². The molecule has 0 aliphatic heterocycles. The van der Waals surface area contributed by atoms with Gasteiger partial charge in [-0.1, -0.05) is 0 Å². The van der Waals surface area contributed by atoms with E-state index in [4.69, 9.17) is 10.6 Å². The maximum atomic E-state index is 10.5. The Morgan fingerprint density at radius 1 is 1.79 bits per heavy atom. The van der Waals surface area contributed by atoms with Crippen LogP contribution in [0.15, 0.2) is 5.38 Å². The van der Waals surface area contributed by atoms with Crippen LogP contribution in [0.3, 0.4) is 0 Å². The van der Waals surface area contributed by atoms with Gasteiger partial charge in [-0.15, -0.1) is 11.3 Å². The van der Waals surface area contributed by atoms with Gasteiger partial charge in [-0.2, -0.15) is 0 Å². The first kappa shape index (κ1) is 10.0. The minimum atomic E-state index is -1.33. The number of hydrogen-bond acceptors (Lipinski definition) is 5. The molecule has 0 spiro atoms. The Labute approximate surface area is 81.6 Å². The largest absolute Gasteiger partial charge is 0.474 e. The molecule has 0 aliphatic carbocycles. The Morgan fingerprint density at radius 3 is 3.00 bits per heavy atom. The summed E-state index contributed by atoms with van der Waals surface area (Å²) in [6, 6.07) is 0. The maximum absolute atomic E-state index is 10.5. The van der Waals surface area contributed by atoms with Crippen LogP contribution < -0.4 is 5.32 Å². The predicted molar refractivity (Wildman–Crippen MR) is 46.5 cm³/mol. The highest BCUT2D eigenvalue weighted by molar-refractivity contribution is 7.14. The van der Waals surface area contributed by atoms with E-state index in [0.717, 1.165) is 11.3 Å². The van der Waals surface area contributed by atoms with Gasteiger partial charge in [0.05, 0.1) is 10.3 Å². The Bertz CT molecular complexity index is 420. The van der Waals surface area contributed by atoms with Crippen LogP contribution in [0.1, 0.15) is 5.69 Å². The van der Waals surface area contributed by atoms with Crippen molar-refractivity contribution in [1.82, 2.24) is 4.98 Å². The van der Waals surface area contributed by atoms with Gasteiger partial charge < -0.3 is 10.4 Å². The maximum Gasteiger partial charge on any atom is 0.474 e. The third-order valence-electron chi connectivity index (χ3n) is 1.24. The number of carbonyl (C=O) groups excluding carboxylic acids is 1. The number of aromatic nitrogens is 1. The van der Waals surface area contributed by atoms with Crippen LogP contribution in [0.2, 0.25) is 0 Å². The van der Waals surface area contributed by atoms with E-state index in [2.05, 4.69) is 15.1 Å². The monoisotopic (exact) mass is 213 g/mol. The van der Waals surface area contributed by atoms with Crippen LogP contribution in [0, 0.1) is 5.53 Å². The topological polar surface area (TPSA) is 117 Å². The number of carboxylic acid groups (broad SMARTS) is 1. The Hall–Kier alpha value is -2.05. The summed E-state index contributed by atoms with van der Waals surface area (Å²) >= 11 is 1.05. The number of carboxylic acids is 1.